The molecule has 168 valence electrons. The highest BCUT2D eigenvalue weighted by atomic mass is 19.2. The van der Waals surface area contributed by atoms with Crippen LogP contribution in [0.5, 0.6) is 0 Å². The molecular weight excluding hydrogens is 440 g/mol. The van der Waals surface area contributed by atoms with Crippen LogP contribution >= 0.6 is 0 Å². The Balaban J connectivity index is 1.58. The van der Waals surface area contributed by atoms with Gasteiger partial charge < -0.3 is 4.74 Å². The highest BCUT2D eigenvalue weighted by Gasteiger charge is 2.91. The second-order valence-corrected chi connectivity index (χ2v) is 9.32. The second kappa shape index (κ2) is 5.71. The number of likely N-dealkylation sites (tertiary alicyclic amines) is 1. The summed E-state index contributed by atoms with van der Waals surface area (Å²) in [6.45, 7) is 0.125. The topological polar surface area (TPSA) is 49.9 Å². The third kappa shape index (κ3) is 1.71. The number of carbonyl (C=O) groups excluding carboxylic acids is 2. The van der Waals surface area contributed by atoms with E-state index in [9.17, 15) is 18.4 Å². The van der Waals surface area contributed by atoms with E-state index in [-0.39, 0.29) is 6.54 Å². The van der Waals surface area contributed by atoms with E-state index in [0.717, 1.165) is 10.5 Å². The Morgan fingerprint density at radius 3 is 1.79 bits per heavy atom. The lowest BCUT2D eigenvalue weighted by Gasteiger charge is -2.42. The van der Waals surface area contributed by atoms with E-state index >= 15 is 8.78 Å². The van der Waals surface area contributed by atoms with Crippen molar-refractivity contribution in [2.75, 3.05) is 7.05 Å². The van der Waals surface area contributed by atoms with Gasteiger partial charge in [-0.05, 0) is 5.56 Å². The van der Waals surface area contributed by atoms with E-state index in [4.69, 9.17) is 4.74 Å². The zero-order chi connectivity index (χ0) is 23.0. The molecule has 6 atom stereocenters. The number of imide groups is 1. The van der Waals surface area contributed by atoms with E-state index in [1.807, 2.05) is 6.07 Å². The number of amides is 2. The quantitative estimate of drug-likeness (QED) is 0.229. The fraction of sp³-hybridized carbons (Fsp3) is 0.333. The summed E-state index contributed by atoms with van der Waals surface area (Å²) in [6.07, 6.45) is 1.56. The summed E-state index contributed by atoms with van der Waals surface area (Å²) in [6, 6.07) is 6.58. The predicted octanol–water partition coefficient (Wildman–Crippen LogP) is 3.16. The SMILES string of the molecule is CN1C(=O)[C@]23[C@@H]4c5c(F)c(F)c(F)c(F)c5[C@@H](N4Cc4ccccc4)[C@@]2(C1=O)[C@@H]1C=C[C@H]3O1. The van der Waals surface area contributed by atoms with Gasteiger partial charge in [0.1, 0.15) is 10.8 Å². The van der Waals surface area contributed by atoms with Crippen LogP contribution in [0, 0.1) is 34.1 Å². The summed E-state index contributed by atoms with van der Waals surface area (Å²) < 4.78 is 65.5. The van der Waals surface area contributed by atoms with E-state index < -0.39 is 81.3 Å². The van der Waals surface area contributed by atoms with Crippen LogP contribution in [0.3, 0.4) is 0 Å². The van der Waals surface area contributed by atoms with E-state index in [2.05, 4.69) is 0 Å². The molecule has 5 nitrogen and oxygen atoms in total. The number of hydrogen-bond acceptors (Lipinski definition) is 4. The third-order valence-electron chi connectivity index (χ3n) is 8.28. The average Bonchev–Trinajstić information content (AvgIpc) is 3.59. The van der Waals surface area contributed by atoms with Crippen LogP contribution in [0.4, 0.5) is 17.6 Å². The Kier molecular flexibility index (Phi) is 3.36. The number of halogens is 4. The molecule has 5 aliphatic heterocycles. The zero-order valence-electron chi connectivity index (χ0n) is 17.2. The third-order valence-corrected chi connectivity index (χ3v) is 8.28. The molecule has 5 heterocycles. The first-order valence-corrected chi connectivity index (χ1v) is 10.6. The molecular formula is C24H16F4N2O3. The summed E-state index contributed by atoms with van der Waals surface area (Å²) in [7, 11) is 1.33. The highest BCUT2D eigenvalue weighted by molar-refractivity contribution is 6.13. The first-order valence-electron chi connectivity index (χ1n) is 10.6. The van der Waals surface area contributed by atoms with Crippen LogP contribution < -0.4 is 0 Å². The Labute approximate surface area is 185 Å². The van der Waals surface area contributed by atoms with Crippen LogP contribution in [-0.4, -0.2) is 40.9 Å². The Morgan fingerprint density at radius 1 is 0.818 bits per heavy atom. The lowest BCUT2D eigenvalue weighted by Crippen LogP contribution is -2.54. The van der Waals surface area contributed by atoms with Crippen molar-refractivity contribution < 1.29 is 31.9 Å². The van der Waals surface area contributed by atoms with Crippen molar-refractivity contribution in [2.24, 2.45) is 10.8 Å². The molecule has 9 heteroatoms. The summed E-state index contributed by atoms with van der Waals surface area (Å²) >= 11 is 0. The molecule has 0 aromatic heterocycles. The lowest BCUT2D eigenvalue weighted by molar-refractivity contribution is -0.147. The maximum Gasteiger partial charge on any atom is 0.241 e. The summed E-state index contributed by atoms with van der Waals surface area (Å²) in [5, 5.41) is 0. The zero-order valence-corrected chi connectivity index (χ0v) is 17.2. The average molecular weight is 456 g/mol. The van der Waals surface area contributed by atoms with Gasteiger partial charge in [-0.25, -0.2) is 17.6 Å². The van der Waals surface area contributed by atoms with Gasteiger partial charge >= 0.3 is 0 Å². The lowest BCUT2D eigenvalue weighted by atomic mass is 9.51. The normalized spacial score (nSPS) is 37.3. The van der Waals surface area contributed by atoms with Gasteiger partial charge in [-0.1, -0.05) is 42.5 Å². The van der Waals surface area contributed by atoms with Gasteiger partial charge in [0.15, 0.2) is 23.3 Å². The number of ether oxygens (including phenoxy) is 1. The highest BCUT2D eigenvalue weighted by Crippen LogP contribution is 2.81. The monoisotopic (exact) mass is 456 g/mol. The minimum absolute atomic E-state index is 0.125. The van der Waals surface area contributed by atoms with Crippen molar-refractivity contribution in [3.63, 3.8) is 0 Å². The van der Waals surface area contributed by atoms with Crippen LogP contribution in [0.2, 0.25) is 0 Å². The van der Waals surface area contributed by atoms with Crippen LogP contribution in [0.1, 0.15) is 28.8 Å². The number of nitrogens with zero attached hydrogens (tertiary/aromatic N) is 2. The molecule has 4 bridgehead atoms. The van der Waals surface area contributed by atoms with Crippen molar-refractivity contribution in [3.05, 3.63) is 82.4 Å². The molecule has 2 aromatic carbocycles. The molecule has 2 aromatic rings. The van der Waals surface area contributed by atoms with Gasteiger partial charge in [-0.3, -0.25) is 19.4 Å². The van der Waals surface area contributed by atoms with Crippen molar-refractivity contribution in [3.8, 4) is 0 Å². The van der Waals surface area contributed by atoms with E-state index in [1.54, 1.807) is 41.3 Å². The van der Waals surface area contributed by atoms with E-state index in [1.165, 1.54) is 7.05 Å². The van der Waals surface area contributed by atoms with Gasteiger partial charge in [-0.15, -0.1) is 0 Å². The van der Waals surface area contributed by atoms with Gasteiger partial charge in [0.05, 0.1) is 24.3 Å². The number of hydrogen-bond donors (Lipinski definition) is 0. The maximum atomic E-state index is 15.3. The molecule has 0 spiro atoms. The largest absolute Gasteiger partial charge is 0.364 e. The Bertz CT molecular complexity index is 1250. The van der Waals surface area contributed by atoms with E-state index in [0.29, 0.717) is 0 Å². The second-order valence-electron chi connectivity index (χ2n) is 9.32. The molecule has 33 heavy (non-hydrogen) atoms. The fourth-order valence-electron chi connectivity index (χ4n) is 7.32. The fourth-order valence-corrected chi connectivity index (χ4v) is 7.32. The molecule has 7 rings (SSSR count). The maximum absolute atomic E-state index is 15.3. The molecule has 3 saturated heterocycles. The first kappa shape index (κ1) is 19.4. The molecule has 0 saturated carbocycles. The molecule has 3 fully saturated rings. The summed E-state index contributed by atoms with van der Waals surface area (Å²) in [5.41, 5.74) is -3.22. The van der Waals surface area contributed by atoms with Crippen LogP contribution in [0.15, 0.2) is 42.5 Å². The molecule has 5 aliphatic rings. The molecule has 0 aliphatic carbocycles. The number of carbonyl (C=O) groups is 2. The molecule has 0 unspecified atom stereocenters. The number of fused-ring (bicyclic) bond motifs is 7. The summed E-state index contributed by atoms with van der Waals surface area (Å²) in [4.78, 5) is 30.1. The number of benzene rings is 2. The van der Waals surface area contributed by atoms with Gasteiger partial charge in [0.25, 0.3) is 0 Å². The minimum Gasteiger partial charge on any atom is -0.364 e. The van der Waals surface area contributed by atoms with Crippen LogP contribution in [0.25, 0.3) is 0 Å². The van der Waals surface area contributed by atoms with Gasteiger partial charge in [-0.2, -0.15) is 0 Å². The number of rotatable bonds is 2. The standard InChI is InChI=1S/C24H16F4N2O3/c1-29-21(31)23-11-7-8-12(33-11)24(23,22(29)32)20-14-13(15(25)17(27)18(28)16(14)26)19(23)30(20)9-10-5-3-2-4-6-10/h2-8,11-12,19-20H,9H2,1H3/t11-,12+,19+,20-,23+,24-. The summed E-state index contributed by atoms with van der Waals surface area (Å²) in [5.74, 6) is -8.07. The van der Waals surface area contributed by atoms with Crippen molar-refractivity contribution in [2.45, 2.75) is 30.8 Å². The first-order chi connectivity index (χ1) is 15.8. The Hall–Kier alpha value is -3.04. The van der Waals surface area contributed by atoms with Gasteiger partial charge in [0.2, 0.25) is 11.8 Å². The van der Waals surface area contributed by atoms with Crippen molar-refractivity contribution in [1.29, 1.82) is 0 Å². The molecule has 2 amide bonds. The van der Waals surface area contributed by atoms with Crippen molar-refractivity contribution >= 4 is 11.8 Å². The van der Waals surface area contributed by atoms with Crippen LogP contribution in [-0.2, 0) is 20.9 Å². The molecule has 0 N–H and O–H groups in total. The smallest absolute Gasteiger partial charge is 0.241 e. The van der Waals surface area contributed by atoms with Crippen molar-refractivity contribution in [1.82, 2.24) is 9.80 Å². The minimum atomic E-state index is -1.93. The van der Waals surface area contributed by atoms with Gasteiger partial charge in [0, 0.05) is 24.7 Å². The Morgan fingerprint density at radius 2 is 1.30 bits per heavy atom. The molecule has 0 radical (unpaired) electrons. The predicted molar refractivity (Wildman–Crippen MR) is 104 cm³/mol.